The van der Waals surface area contributed by atoms with Gasteiger partial charge in [0.15, 0.2) is 0 Å². The molecule has 2 unspecified atom stereocenters. The molecule has 0 radical (unpaired) electrons. The number of carboxylic acids is 1. The van der Waals surface area contributed by atoms with Gasteiger partial charge in [0.1, 0.15) is 6.04 Å². The normalized spacial score (nSPS) is 13.5. The number of likely N-dealkylation sites (N-methyl/N-ethyl adjacent to an activating group) is 1. The Bertz CT molecular complexity index is 623. The van der Waals surface area contributed by atoms with Crippen molar-refractivity contribution in [3.63, 3.8) is 0 Å². The number of nitrogens with one attached hydrogen (secondary N) is 2. The van der Waals surface area contributed by atoms with Crippen LogP contribution in [0, 0.1) is 0 Å². The number of hydrogen-bond donors (Lipinski definition) is 3. The molecule has 5 nitrogen and oxygen atoms in total. The molecule has 3 N–H and O–H groups in total. The van der Waals surface area contributed by atoms with E-state index in [1.165, 1.54) is 28.5 Å². The summed E-state index contributed by atoms with van der Waals surface area (Å²) < 4.78 is 0. The van der Waals surface area contributed by atoms with E-state index in [4.69, 9.17) is 0 Å². The molecule has 0 heterocycles. The zero-order valence-electron chi connectivity index (χ0n) is 22.4. The summed E-state index contributed by atoms with van der Waals surface area (Å²) in [7, 11) is 1.73. The first-order valence-electron chi connectivity index (χ1n) is 12.4. The highest BCUT2D eigenvalue weighted by atomic mass is 32.2. The third-order valence-corrected chi connectivity index (χ3v) is 6.05. The molecule has 192 valence electrons. The highest BCUT2D eigenvalue weighted by Crippen LogP contribution is 2.13. The fourth-order valence-electron chi connectivity index (χ4n) is 2.99. The van der Waals surface area contributed by atoms with Gasteiger partial charge in [0.2, 0.25) is 5.91 Å². The predicted molar refractivity (Wildman–Crippen MR) is 146 cm³/mol. The van der Waals surface area contributed by atoms with Gasteiger partial charge in [-0.25, -0.2) is 4.79 Å². The second kappa shape index (κ2) is 22.3. The number of rotatable bonds is 17. The Morgan fingerprint density at radius 1 is 0.939 bits per heavy atom. The number of amides is 1. The lowest BCUT2D eigenvalue weighted by Gasteiger charge is -2.19. The summed E-state index contributed by atoms with van der Waals surface area (Å²) >= 11 is 1.54. The molecular formula is C27H50N2O3S. The Kier molecular flexibility index (Phi) is 22.7. The van der Waals surface area contributed by atoms with Gasteiger partial charge in [-0.3, -0.25) is 4.79 Å². The van der Waals surface area contributed by atoms with Gasteiger partial charge >= 0.3 is 5.97 Å². The van der Waals surface area contributed by atoms with Crippen LogP contribution in [0.25, 0.3) is 0 Å². The Labute approximate surface area is 208 Å². The van der Waals surface area contributed by atoms with Crippen molar-refractivity contribution in [3.8, 4) is 0 Å². The summed E-state index contributed by atoms with van der Waals surface area (Å²) in [5.74, 6) is -0.110. The number of carbonyl (C=O) groups is 2. The van der Waals surface area contributed by atoms with Crippen molar-refractivity contribution in [3.05, 3.63) is 34.9 Å². The SMILES string of the molecule is CC.CCCCC(NC)C(=O)NC(CSC/C=C(\C)CC/C=C(\C)CCC=C(C)C)C(=O)O. The quantitative estimate of drug-likeness (QED) is 0.163. The highest BCUT2D eigenvalue weighted by Gasteiger charge is 2.23. The van der Waals surface area contributed by atoms with E-state index < -0.39 is 12.0 Å². The molecule has 1 amide bonds. The molecule has 0 aromatic rings. The minimum atomic E-state index is -0.986. The van der Waals surface area contributed by atoms with E-state index in [-0.39, 0.29) is 11.9 Å². The summed E-state index contributed by atoms with van der Waals surface area (Å²) in [6.07, 6.45) is 13.7. The molecule has 0 aliphatic rings. The van der Waals surface area contributed by atoms with Crippen LogP contribution in [0.4, 0.5) is 0 Å². The van der Waals surface area contributed by atoms with Crippen molar-refractivity contribution in [2.45, 2.75) is 105 Å². The number of allylic oxidation sites excluding steroid dienone is 5. The molecule has 33 heavy (non-hydrogen) atoms. The van der Waals surface area contributed by atoms with E-state index >= 15 is 0 Å². The van der Waals surface area contributed by atoms with Crippen LogP contribution in [-0.4, -0.2) is 47.6 Å². The van der Waals surface area contributed by atoms with Crippen molar-refractivity contribution >= 4 is 23.6 Å². The lowest BCUT2D eigenvalue weighted by atomic mass is 10.1. The summed E-state index contributed by atoms with van der Waals surface area (Å²) in [4.78, 5) is 23.9. The van der Waals surface area contributed by atoms with E-state index in [1.807, 2.05) is 13.8 Å². The molecule has 0 aromatic carbocycles. The van der Waals surface area contributed by atoms with Crippen molar-refractivity contribution < 1.29 is 14.7 Å². The number of carboxylic acid groups (broad SMARTS) is 1. The Morgan fingerprint density at radius 3 is 2.03 bits per heavy atom. The monoisotopic (exact) mass is 482 g/mol. The molecule has 0 aromatic heterocycles. The van der Waals surface area contributed by atoms with Gasteiger partial charge in [-0.1, -0.05) is 68.6 Å². The number of thioether (sulfide) groups is 1. The highest BCUT2D eigenvalue weighted by molar-refractivity contribution is 7.99. The molecule has 0 aliphatic carbocycles. The fourth-order valence-corrected chi connectivity index (χ4v) is 3.99. The van der Waals surface area contributed by atoms with Crippen LogP contribution in [0.3, 0.4) is 0 Å². The first-order valence-corrected chi connectivity index (χ1v) is 13.6. The zero-order chi connectivity index (χ0) is 25.6. The Morgan fingerprint density at radius 2 is 1.52 bits per heavy atom. The summed E-state index contributed by atoms with van der Waals surface area (Å²) in [5.41, 5.74) is 4.11. The Balaban J connectivity index is 0. The lowest BCUT2D eigenvalue weighted by molar-refractivity contribution is -0.141. The second-order valence-electron chi connectivity index (χ2n) is 8.38. The van der Waals surface area contributed by atoms with Crippen molar-refractivity contribution in [1.82, 2.24) is 10.6 Å². The van der Waals surface area contributed by atoms with Crippen LogP contribution in [-0.2, 0) is 9.59 Å². The topological polar surface area (TPSA) is 78.4 Å². The maximum absolute atomic E-state index is 12.3. The smallest absolute Gasteiger partial charge is 0.327 e. The van der Waals surface area contributed by atoms with Crippen molar-refractivity contribution in [2.24, 2.45) is 0 Å². The molecule has 0 bridgehead atoms. The van der Waals surface area contributed by atoms with Gasteiger partial charge in [-0.05, 0) is 66.8 Å². The molecule has 0 saturated heterocycles. The second-order valence-corrected chi connectivity index (χ2v) is 9.46. The van der Waals surface area contributed by atoms with E-state index in [1.54, 1.807) is 7.05 Å². The average Bonchev–Trinajstić information content (AvgIpc) is 2.77. The maximum atomic E-state index is 12.3. The van der Waals surface area contributed by atoms with E-state index in [0.717, 1.165) is 44.3 Å². The van der Waals surface area contributed by atoms with Gasteiger partial charge in [0, 0.05) is 11.5 Å². The number of aliphatic carboxylic acids is 1. The zero-order valence-corrected chi connectivity index (χ0v) is 23.2. The summed E-state index contributed by atoms with van der Waals surface area (Å²) in [6, 6.07) is -1.21. The maximum Gasteiger partial charge on any atom is 0.327 e. The molecule has 0 rings (SSSR count). The number of unbranched alkanes of at least 4 members (excludes halogenated alkanes) is 1. The van der Waals surface area contributed by atoms with Gasteiger partial charge < -0.3 is 15.7 Å². The van der Waals surface area contributed by atoms with Crippen molar-refractivity contribution in [2.75, 3.05) is 18.6 Å². The van der Waals surface area contributed by atoms with Gasteiger partial charge in [-0.2, -0.15) is 11.8 Å². The van der Waals surface area contributed by atoms with E-state index in [9.17, 15) is 14.7 Å². The van der Waals surface area contributed by atoms with Gasteiger partial charge in [0.05, 0.1) is 6.04 Å². The van der Waals surface area contributed by atoms with E-state index in [0.29, 0.717) is 12.2 Å². The van der Waals surface area contributed by atoms with Crippen molar-refractivity contribution in [1.29, 1.82) is 0 Å². The Hall–Kier alpha value is -1.53. The third-order valence-electron chi connectivity index (χ3n) is 5.08. The van der Waals surface area contributed by atoms with Crippen LogP contribution in [0.15, 0.2) is 34.9 Å². The average molecular weight is 483 g/mol. The van der Waals surface area contributed by atoms with Crippen LogP contribution in [0.1, 0.15) is 93.4 Å². The molecule has 0 aliphatic heterocycles. The van der Waals surface area contributed by atoms with Crippen LogP contribution in [0.5, 0.6) is 0 Å². The number of carbonyl (C=O) groups excluding carboxylic acids is 1. The summed E-state index contributed by atoms with van der Waals surface area (Å²) in [5, 5.41) is 15.1. The minimum Gasteiger partial charge on any atom is -0.480 e. The lowest BCUT2D eigenvalue weighted by Crippen LogP contribution is -2.50. The van der Waals surface area contributed by atoms with Crippen LogP contribution in [0.2, 0.25) is 0 Å². The number of hydrogen-bond acceptors (Lipinski definition) is 4. The van der Waals surface area contributed by atoms with E-state index in [2.05, 4.69) is 63.5 Å². The molecule has 0 fully saturated rings. The standard InChI is InChI=1S/C25H44N2O3S.C2H6/c1-7-8-15-22(26-6)24(28)27-23(25(29)30)18-31-17-16-21(5)14-10-13-20(4)12-9-11-19(2)3;1-2/h11,13,16,22-23,26H,7-10,12,14-15,17-18H2,1-6H3,(H,27,28)(H,29,30);1-2H3/b20-13+,21-16+;. The minimum absolute atomic E-state index is 0.234. The summed E-state index contributed by atoms with van der Waals surface area (Å²) in [6.45, 7) is 14.6. The largest absolute Gasteiger partial charge is 0.480 e. The molecule has 0 spiro atoms. The molecule has 2 atom stereocenters. The predicted octanol–water partition coefficient (Wildman–Crippen LogP) is 6.51. The fraction of sp³-hybridized carbons (Fsp3) is 0.704. The third kappa shape index (κ3) is 19.6. The molecule has 6 heteroatoms. The molecule has 0 saturated carbocycles. The van der Waals surface area contributed by atoms with Gasteiger partial charge in [-0.15, -0.1) is 0 Å². The van der Waals surface area contributed by atoms with Gasteiger partial charge in [0.25, 0.3) is 0 Å². The van der Waals surface area contributed by atoms with Crippen LogP contribution < -0.4 is 10.6 Å². The first kappa shape index (κ1) is 33.6. The van der Waals surface area contributed by atoms with Crippen LogP contribution >= 0.6 is 11.8 Å². The first-order chi connectivity index (χ1) is 15.7. The molecular weight excluding hydrogens is 432 g/mol.